The fourth-order valence-electron chi connectivity index (χ4n) is 3.74. The molecule has 0 bridgehead atoms. The van der Waals surface area contributed by atoms with Crippen LogP contribution < -0.4 is 5.73 Å². The third-order valence-electron chi connectivity index (χ3n) is 5.20. The largest absolute Gasteiger partial charge is 0.398 e. The number of hydrogen-bond acceptors (Lipinski definition) is 2. The number of nitrogens with two attached hydrogens (primary N) is 1. The predicted molar refractivity (Wildman–Crippen MR) is 102 cm³/mol. The van der Waals surface area contributed by atoms with Gasteiger partial charge in [0.25, 0.3) is 0 Å². The highest BCUT2D eigenvalue weighted by molar-refractivity contribution is 5.99. The van der Waals surface area contributed by atoms with Crippen LogP contribution in [-0.2, 0) is 4.74 Å². The van der Waals surface area contributed by atoms with Crippen molar-refractivity contribution in [3.63, 3.8) is 0 Å². The second-order valence-electron chi connectivity index (χ2n) is 6.63. The lowest BCUT2D eigenvalue weighted by Gasteiger charge is -2.24. The second-order valence-corrected chi connectivity index (χ2v) is 6.63. The van der Waals surface area contributed by atoms with E-state index in [1.165, 1.54) is 5.52 Å². The minimum absolute atomic E-state index is 0.435. The van der Waals surface area contributed by atoms with Crippen LogP contribution in [-0.4, -0.2) is 17.8 Å². The van der Waals surface area contributed by atoms with Crippen LogP contribution in [0.5, 0.6) is 0 Å². The molecule has 0 atom stereocenters. The topological polar surface area (TPSA) is 44.5 Å². The van der Waals surface area contributed by atoms with Crippen LogP contribution in [0.2, 0.25) is 0 Å². The first kappa shape index (κ1) is 15.7. The number of aromatic nitrogens is 1. The van der Waals surface area contributed by atoms with Gasteiger partial charge in [0.1, 0.15) is 0 Å². The minimum atomic E-state index is 0.435. The lowest BCUT2D eigenvalue weighted by molar-refractivity contribution is 0.0707. The molecule has 25 heavy (non-hydrogen) atoms. The summed E-state index contributed by atoms with van der Waals surface area (Å²) in [5.74, 6) is 0. The van der Waals surface area contributed by atoms with Crippen LogP contribution in [0.15, 0.2) is 42.6 Å². The molecule has 0 amide bonds. The first-order valence-corrected chi connectivity index (χ1v) is 8.64. The molecule has 1 aliphatic rings. The maximum absolute atomic E-state index is 7.35. The van der Waals surface area contributed by atoms with Crippen LogP contribution in [0, 0.1) is 13.5 Å². The van der Waals surface area contributed by atoms with E-state index in [1.807, 2.05) is 24.3 Å². The molecule has 3 aromatic rings. The molecule has 4 nitrogen and oxygen atoms in total. The summed E-state index contributed by atoms with van der Waals surface area (Å²) in [4.78, 5) is 3.61. The molecule has 2 aromatic carbocycles. The Morgan fingerprint density at radius 3 is 2.72 bits per heavy atom. The van der Waals surface area contributed by atoms with Gasteiger partial charge in [-0.3, -0.25) is 0 Å². The summed E-state index contributed by atoms with van der Waals surface area (Å²) < 4.78 is 7.89. The van der Waals surface area contributed by atoms with Gasteiger partial charge in [-0.15, -0.1) is 0 Å². The Bertz CT molecular complexity index is 975. The first-order chi connectivity index (χ1) is 12.2. The predicted octanol–water partition coefficient (Wildman–Crippen LogP) is 5.10. The normalized spacial score (nSPS) is 15.4. The Morgan fingerprint density at radius 1 is 1.16 bits per heavy atom. The van der Waals surface area contributed by atoms with Crippen molar-refractivity contribution < 1.29 is 4.74 Å². The number of ether oxygens (including phenoxy) is 1. The lowest BCUT2D eigenvalue weighted by atomic mass is 9.99. The van der Waals surface area contributed by atoms with Gasteiger partial charge in [0, 0.05) is 42.2 Å². The highest BCUT2D eigenvalue weighted by Crippen LogP contribution is 2.38. The van der Waals surface area contributed by atoms with E-state index >= 15 is 0 Å². The van der Waals surface area contributed by atoms with Crippen LogP contribution in [0.25, 0.3) is 26.9 Å². The van der Waals surface area contributed by atoms with E-state index in [2.05, 4.69) is 34.7 Å². The molecule has 0 aliphatic carbocycles. The third kappa shape index (κ3) is 2.67. The van der Waals surface area contributed by atoms with Gasteiger partial charge in [-0.25, -0.2) is 4.85 Å². The molecule has 0 spiro atoms. The number of rotatable bonds is 2. The monoisotopic (exact) mass is 331 g/mol. The van der Waals surface area contributed by atoms with Crippen molar-refractivity contribution in [1.29, 1.82) is 0 Å². The Labute approximate surface area is 147 Å². The van der Waals surface area contributed by atoms with E-state index in [0.717, 1.165) is 53.8 Å². The average molecular weight is 331 g/mol. The highest BCUT2D eigenvalue weighted by Gasteiger charge is 2.20. The van der Waals surface area contributed by atoms with Crippen LogP contribution in [0.4, 0.5) is 11.4 Å². The highest BCUT2D eigenvalue weighted by atomic mass is 16.5. The van der Waals surface area contributed by atoms with Gasteiger partial charge in [-0.2, -0.15) is 0 Å². The number of anilines is 1. The van der Waals surface area contributed by atoms with Gasteiger partial charge in [0.15, 0.2) is 5.69 Å². The fraction of sp³-hybridized carbons (Fsp3) is 0.286. The van der Waals surface area contributed by atoms with E-state index in [9.17, 15) is 0 Å². The van der Waals surface area contributed by atoms with Crippen molar-refractivity contribution in [2.75, 3.05) is 18.9 Å². The van der Waals surface area contributed by atoms with Gasteiger partial charge in [0.05, 0.1) is 6.57 Å². The molecule has 4 rings (SSSR count). The number of nitrogen functional groups attached to an aromatic ring is 1. The molecule has 1 aliphatic heterocycles. The summed E-state index contributed by atoms with van der Waals surface area (Å²) in [6.07, 6.45) is 4.27. The molecule has 2 heterocycles. The number of benzene rings is 2. The van der Waals surface area contributed by atoms with E-state index in [4.69, 9.17) is 17.0 Å². The molecule has 1 fully saturated rings. The van der Waals surface area contributed by atoms with E-state index in [0.29, 0.717) is 11.7 Å². The zero-order valence-corrected chi connectivity index (χ0v) is 14.3. The summed E-state index contributed by atoms with van der Waals surface area (Å²) in [6.45, 7) is 11.0. The molecule has 0 saturated carbocycles. The maximum Gasteiger partial charge on any atom is 0.188 e. The van der Waals surface area contributed by atoms with E-state index in [-0.39, 0.29) is 0 Å². The Kier molecular flexibility index (Phi) is 3.95. The molecule has 1 aromatic heterocycles. The van der Waals surface area contributed by atoms with Gasteiger partial charge in [-0.05, 0) is 54.5 Å². The molecular formula is C21H21N3O. The Balaban J connectivity index is 1.96. The minimum Gasteiger partial charge on any atom is -0.398 e. The van der Waals surface area contributed by atoms with Crippen molar-refractivity contribution in [2.45, 2.75) is 25.8 Å². The number of nitrogens with zero attached hydrogens (tertiary/aromatic N) is 2. The third-order valence-corrected chi connectivity index (χ3v) is 5.20. The Morgan fingerprint density at radius 2 is 1.96 bits per heavy atom. The summed E-state index contributed by atoms with van der Waals surface area (Å²) in [5.41, 5.74) is 12.1. The van der Waals surface area contributed by atoms with E-state index in [1.54, 1.807) is 0 Å². The molecule has 2 N–H and O–H groups in total. The van der Waals surface area contributed by atoms with Crippen LogP contribution >= 0.6 is 0 Å². The second kappa shape index (κ2) is 6.27. The number of fused-ring (bicyclic) bond motifs is 1. The summed E-state index contributed by atoms with van der Waals surface area (Å²) in [7, 11) is 0. The molecule has 0 radical (unpaired) electrons. The van der Waals surface area contributed by atoms with Crippen molar-refractivity contribution in [1.82, 2.24) is 4.57 Å². The molecule has 1 saturated heterocycles. The molecular weight excluding hydrogens is 310 g/mol. The van der Waals surface area contributed by atoms with Crippen molar-refractivity contribution >= 4 is 22.3 Å². The average Bonchev–Trinajstić information content (AvgIpc) is 3.03. The SMILES string of the molecule is [C-]#[N+]c1ccc2c(c1)c(-c1cccc(N)c1C)cn2C1CCOCC1. The smallest absolute Gasteiger partial charge is 0.188 e. The van der Waals surface area contributed by atoms with Crippen LogP contribution in [0.3, 0.4) is 0 Å². The quantitative estimate of drug-likeness (QED) is 0.524. The fourth-order valence-corrected chi connectivity index (χ4v) is 3.74. The van der Waals surface area contributed by atoms with Crippen molar-refractivity contribution in [3.05, 3.63) is 59.6 Å². The van der Waals surface area contributed by atoms with Crippen LogP contribution in [0.1, 0.15) is 24.4 Å². The Hall–Kier alpha value is -2.77. The molecule has 4 heteroatoms. The zero-order chi connectivity index (χ0) is 17.4. The zero-order valence-electron chi connectivity index (χ0n) is 14.3. The lowest BCUT2D eigenvalue weighted by Crippen LogP contribution is -2.18. The summed E-state index contributed by atoms with van der Waals surface area (Å²) in [6, 6.07) is 12.4. The standard InChI is InChI=1S/C21H21N3O/c1-14-17(4-3-5-20(14)22)19-13-24(16-8-10-25-11-9-16)21-7-6-15(23-2)12-18(19)21/h3-7,12-13,16H,8-11,22H2,1H3. The van der Waals surface area contributed by atoms with Gasteiger partial charge < -0.3 is 15.0 Å². The van der Waals surface area contributed by atoms with Crippen molar-refractivity contribution in [2.24, 2.45) is 0 Å². The molecule has 0 unspecified atom stereocenters. The van der Waals surface area contributed by atoms with Crippen molar-refractivity contribution in [3.8, 4) is 11.1 Å². The summed E-state index contributed by atoms with van der Waals surface area (Å²) >= 11 is 0. The number of hydrogen-bond donors (Lipinski definition) is 1. The van der Waals surface area contributed by atoms with E-state index < -0.39 is 0 Å². The summed E-state index contributed by atoms with van der Waals surface area (Å²) in [5, 5.41) is 1.12. The van der Waals surface area contributed by atoms with Gasteiger partial charge in [0.2, 0.25) is 0 Å². The first-order valence-electron chi connectivity index (χ1n) is 8.64. The van der Waals surface area contributed by atoms with Gasteiger partial charge in [-0.1, -0.05) is 18.2 Å². The molecule has 126 valence electrons. The maximum atomic E-state index is 7.35. The van der Waals surface area contributed by atoms with Gasteiger partial charge >= 0.3 is 0 Å².